The third-order valence-corrected chi connectivity index (χ3v) is 3.94. The number of carboxylic acid groups (broad SMARTS) is 1. The van der Waals surface area contributed by atoms with Crippen LogP contribution in [0.4, 0.5) is 0 Å². The molecule has 7 heteroatoms. The lowest BCUT2D eigenvalue weighted by Gasteiger charge is -2.09. The van der Waals surface area contributed by atoms with Crippen molar-refractivity contribution in [2.24, 2.45) is 0 Å². The fourth-order valence-corrected chi connectivity index (χ4v) is 3.02. The molecule has 100 valence electrons. The number of carboxylic acids is 1. The monoisotopic (exact) mass is 296 g/mol. The number of aliphatic carboxylic acids is 1. The van der Waals surface area contributed by atoms with Crippen LogP contribution < -0.4 is 5.32 Å². The average molecular weight is 296 g/mol. The summed E-state index contributed by atoms with van der Waals surface area (Å²) in [5.41, 5.74) is 1.32. The molecule has 1 amide bonds. The van der Waals surface area contributed by atoms with E-state index in [2.05, 4.69) is 10.3 Å². The molecule has 0 radical (unpaired) electrons. The Kier molecular flexibility index (Phi) is 4.28. The summed E-state index contributed by atoms with van der Waals surface area (Å²) in [5, 5.41) is 17.6. The minimum absolute atomic E-state index is 0.104. The maximum atomic E-state index is 11.9. The van der Waals surface area contributed by atoms with Crippen molar-refractivity contribution >= 4 is 34.6 Å². The maximum Gasteiger partial charge on any atom is 0.305 e. The highest BCUT2D eigenvalue weighted by atomic mass is 32.1. The number of nitrogens with one attached hydrogen (secondary N) is 1. The lowest BCUT2D eigenvalue weighted by Crippen LogP contribution is -2.34. The van der Waals surface area contributed by atoms with E-state index in [-0.39, 0.29) is 12.3 Å². The van der Waals surface area contributed by atoms with Gasteiger partial charge in [0.15, 0.2) is 0 Å². The fraction of sp³-hybridized carbons (Fsp3) is 0.250. The largest absolute Gasteiger partial charge is 0.481 e. The predicted octanol–water partition coefficient (Wildman–Crippen LogP) is 2.46. The minimum Gasteiger partial charge on any atom is -0.481 e. The lowest BCUT2D eigenvalue weighted by molar-refractivity contribution is -0.137. The smallest absolute Gasteiger partial charge is 0.305 e. The molecular formula is C12H12N2O3S2. The Labute approximate surface area is 117 Å². The molecule has 2 rings (SSSR count). The van der Waals surface area contributed by atoms with Crippen LogP contribution in [0.15, 0.2) is 22.2 Å². The molecule has 2 aromatic rings. The summed E-state index contributed by atoms with van der Waals surface area (Å²) in [6.07, 6.45) is -0.104. The molecule has 0 aromatic carbocycles. The molecule has 0 spiro atoms. The van der Waals surface area contributed by atoms with Crippen LogP contribution in [0, 0.1) is 0 Å². The van der Waals surface area contributed by atoms with E-state index < -0.39 is 12.0 Å². The summed E-state index contributed by atoms with van der Waals surface area (Å²) < 4.78 is 0. The second kappa shape index (κ2) is 5.94. The zero-order chi connectivity index (χ0) is 13.8. The fourth-order valence-electron chi connectivity index (χ4n) is 1.51. The Bertz CT molecular complexity index is 578. The summed E-state index contributed by atoms with van der Waals surface area (Å²) in [6.45, 7) is 1.65. The molecule has 0 fully saturated rings. The van der Waals surface area contributed by atoms with Crippen molar-refractivity contribution in [2.75, 3.05) is 0 Å². The van der Waals surface area contributed by atoms with Gasteiger partial charge in [-0.3, -0.25) is 9.59 Å². The predicted molar refractivity (Wildman–Crippen MR) is 74.6 cm³/mol. The number of thiophene rings is 1. The zero-order valence-corrected chi connectivity index (χ0v) is 11.8. The van der Waals surface area contributed by atoms with E-state index in [0.29, 0.717) is 5.69 Å². The first-order valence-corrected chi connectivity index (χ1v) is 7.39. The number of aromatic nitrogens is 1. The van der Waals surface area contributed by atoms with Crippen LogP contribution in [-0.2, 0) is 4.79 Å². The third-order valence-electron chi connectivity index (χ3n) is 2.36. The number of hydrogen-bond donors (Lipinski definition) is 2. The summed E-state index contributed by atoms with van der Waals surface area (Å²) >= 11 is 2.97. The van der Waals surface area contributed by atoms with Gasteiger partial charge in [0, 0.05) is 22.4 Å². The van der Waals surface area contributed by atoms with Crippen molar-refractivity contribution in [3.63, 3.8) is 0 Å². The van der Waals surface area contributed by atoms with Crippen molar-refractivity contribution in [3.8, 4) is 10.6 Å². The highest BCUT2D eigenvalue weighted by molar-refractivity contribution is 7.14. The quantitative estimate of drug-likeness (QED) is 0.888. The first kappa shape index (κ1) is 13.7. The topological polar surface area (TPSA) is 79.3 Å². The van der Waals surface area contributed by atoms with Crippen LogP contribution in [0.25, 0.3) is 10.6 Å². The van der Waals surface area contributed by atoms with Gasteiger partial charge in [-0.25, -0.2) is 4.98 Å². The number of thiazole rings is 1. The Morgan fingerprint density at radius 3 is 2.89 bits per heavy atom. The van der Waals surface area contributed by atoms with Gasteiger partial charge in [-0.15, -0.1) is 11.3 Å². The van der Waals surface area contributed by atoms with Gasteiger partial charge in [-0.05, 0) is 18.4 Å². The molecule has 2 N–H and O–H groups in total. The highest BCUT2D eigenvalue weighted by Gasteiger charge is 2.15. The molecule has 2 aromatic heterocycles. The number of amides is 1. The molecule has 0 aliphatic heterocycles. The van der Waals surface area contributed by atoms with E-state index in [0.717, 1.165) is 10.6 Å². The summed E-state index contributed by atoms with van der Waals surface area (Å²) in [5.74, 6) is -1.28. The van der Waals surface area contributed by atoms with Gasteiger partial charge in [-0.2, -0.15) is 11.3 Å². The summed E-state index contributed by atoms with van der Waals surface area (Å²) in [6, 6.07) is 1.52. The van der Waals surface area contributed by atoms with Gasteiger partial charge in [-0.1, -0.05) is 0 Å². The minimum atomic E-state index is -0.940. The molecule has 0 bridgehead atoms. The third kappa shape index (κ3) is 3.62. The number of rotatable bonds is 5. The maximum absolute atomic E-state index is 11.9. The highest BCUT2D eigenvalue weighted by Crippen LogP contribution is 2.25. The first-order chi connectivity index (χ1) is 9.06. The van der Waals surface area contributed by atoms with Crippen molar-refractivity contribution in [1.82, 2.24) is 10.3 Å². The van der Waals surface area contributed by atoms with Crippen molar-refractivity contribution in [3.05, 3.63) is 27.9 Å². The molecule has 0 saturated heterocycles. The van der Waals surface area contributed by atoms with Crippen molar-refractivity contribution in [1.29, 1.82) is 0 Å². The molecule has 0 aliphatic rings. The normalized spacial score (nSPS) is 12.1. The number of carbonyl (C=O) groups is 2. The Hall–Kier alpha value is -1.73. The molecule has 0 saturated carbocycles. The van der Waals surface area contributed by atoms with Crippen LogP contribution >= 0.6 is 22.7 Å². The van der Waals surface area contributed by atoms with E-state index in [1.54, 1.807) is 23.6 Å². The first-order valence-electron chi connectivity index (χ1n) is 5.57. The number of hydrogen-bond acceptors (Lipinski definition) is 5. The molecule has 5 nitrogen and oxygen atoms in total. The van der Waals surface area contributed by atoms with Crippen LogP contribution in [0.1, 0.15) is 23.8 Å². The molecular weight excluding hydrogens is 284 g/mol. The van der Waals surface area contributed by atoms with Gasteiger partial charge in [0.05, 0.1) is 6.42 Å². The molecule has 1 atom stereocenters. The molecule has 0 aliphatic carbocycles. The van der Waals surface area contributed by atoms with Gasteiger partial charge >= 0.3 is 5.97 Å². The van der Waals surface area contributed by atoms with E-state index >= 15 is 0 Å². The van der Waals surface area contributed by atoms with E-state index in [4.69, 9.17) is 5.11 Å². The molecule has 2 heterocycles. The van der Waals surface area contributed by atoms with Gasteiger partial charge in [0.2, 0.25) is 0 Å². The zero-order valence-electron chi connectivity index (χ0n) is 10.1. The SMILES string of the molecule is CC(CC(=O)O)NC(=O)c1csc(-c2ccsc2)n1. The summed E-state index contributed by atoms with van der Waals surface area (Å²) in [4.78, 5) is 26.6. The number of carbonyl (C=O) groups excluding carboxylic acids is 1. The molecule has 19 heavy (non-hydrogen) atoms. The lowest BCUT2D eigenvalue weighted by atomic mass is 10.2. The van der Waals surface area contributed by atoms with Crippen molar-refractivity contribution in [2.45, 2.75) is 19.4 Å². The Morgan fingerprint density at radius 1 is 1.47 bits per heavy atom. The van der Waals surface area contributed by atoms with E-state index in [1.165, 1.54) is 11.3 Å². The van der Waals surface area contributed by atoms with Gasteiger partial charge in [0.1, 0.15) is 10.7 Å². The second-order valence-electron chi connectivity index (χ2n) is 4.02. The average Bonchev–Trinajstić information content (AvgIpc) is 2.99. The van der Waals surface area contributed by atoms with Crippen LogP contribution in [0.3, 0.4) is 0 Å². The van der Waals surface area contributed by atoms with Crippen LogP contribution in [-0.4, -0.2) is 28.0 Å². The second-order valence-corrected chi connectivity index (χ2v) is 5.66. The summed E-state index contributed by atoms with van der Waals surface area (Å²) in [7, 11) is 0. The Balaban J connectivity index is 2.02. The van der Waals surface area contributed by atoms with E-state index in [1.807, 2.05) is 16.8 Å². The number of nitrogens with zero attached hydrogens (tertiary/aromatic N) is 1. The molecule has 1 unspecified atom stereocenters. The van der Waals surface area contributed by atoms with Crippen LogP contribution in [0.5, 0.6) is 0 Å². The van der Waals surface area contributed by atoms with Gasteiger partial charge in [0.25, 0.3) is 5.91 Å². The standard InChI is InChI=1S/C12H12N2O3S2/c1-7(4-10(15)16)13-11(17)9-6-19-12(14-9)8-2-3-18-5-8/h2-3,5-7H,4H2,1H3,(H,13,17)(H,15,16). The van der Waals surface area contributed by atoms with E-state index in [9.17, 15) is 9.59 Å². The van der Waals surface area contributed by atoms with Gasteiger partial charge < -0.3 is 10.4 Å². The van der Waals surface area contributed by atoms with Crippen molar-refractivity contribution < 1.29 is 14.7 Å². The van der Waals surface area contributed by atoms with Crippen LogP contribution in [0.2, 0.25) is 0 Å². The Morgan fingerprint density at radius 2 is 2.26 bits per heavy atom.